The van der Waals surface area contributed by atoms with E-state index in [-0.39, 0.29) is 12.6 Å². The van der Waals surface area contributed by atoms with Gasteiger partial charge in [0.1, 0.15) is 5.75 Å². The van der Waals surface area contributed by atoms with Crippen LogP contribution in [0.25, 0.3) is 0 Å². The molecule has 3 aromatic rings. The summed E-state index contributed by atoms with van der Waals surface area (Å²) in [5.41, 5.74) is 2.94. The highest BCUT2D eigenvalue weighted by atomic mass is 16.5. The third-order valence-electron chi connectivity index (χ3n) is 4.27. The summed E-state index contributed by atoms with van der Waals surface area (Å²) in [5, 5.41) is 6.88. The standard InChI is InChI=1S/C21H24N4O3/c1-15-9-10-16(2)18(13-15)22-21(26)25(3)12-11-19-23-20(28-24-19)14-27-17-7-5-4-6-8-17/h4-10,13H,11-12,14H2,1-3H3,(H,22,26). The zero-order valence-corrected chi connectivity index (χ0v) is 16.3. The number of ether oxygens (including phenoxy) is 1. The van der Waals surface area contributed by atoms with E-state index < -0.39 is 0 Å². The van der Waals surface area contributed by atoms with Crippen molar-refractivity contribution in [2.75, 3.05) is 18.9 Å². The van der Waals surface area contributed by atoms with Crippen molar-refractivity contribution in [2.45, 2.75) is 26.9 Å². The summed E-state index contributed by atoms with van der Waals surface area (Å²) in [6.07, 6.45) is 0.492. The lowest BCUT2D eigenvalue weighted by atomic mass is 10.1. The number of likely N-dealkylation sites (N-methyl/N-ethyl adjacent to an activating group) is 1. The van der Waals surface area contributed by atoms with Gasteiger partial charge in [0, 0.05) is 25.7 Å². The average molecular weight is 380 g/mol. The van der Waals surface area contributed by atoms with E-state index in [4.69, 9.17) is 9.26 Å². The summed E-state index contributed by atoms with van der Waals surface area (Å²) in [4.78, 5) is 18.3. The molecule has 3 rings (SSSR count). The van der Waals surface area contributed by atoms with Crippen LogP contribution in [0.3, 0.4) is 0 Å². The minimum absolute atomic E-state index is 0.176. The summed E-state index contributed by atoms with van der Waals surface area (Å²) in [7, 11) is 1.74. The number of carbonyl (C=O) groups excluding carboxylic acids is 1. The highest BCUT2D eigenvalue weighted by Crippen LogP contribution is 2.17. The first-order chi connectivity index (χ1) is 13.5. The summed E-state index contributed by atoms with van der Waals surface area (Å²) < 4.78 is 10.8. The van der Waals surface area contributed by atoms with Crippen molar-refractivity contribution >= 4 is 11.7 Å². The lowest BCUT2D eigenvalue weighted by Gasteiger charge is -2.18. The summed E-state index contributed by atoms with van der Waals surface area (Å²) in [6, 6.07) is 15.2. The van der Waals surface area contributed by atoms with Gasteiger partial charge in [-0.15, -0.1) is 0 Å². The van der Waals surface area contributed by atoms with Gasteiger partial charge in [-0.2, -0.15) is 4.98 Å². The van der Waals surface area contributed by atoms with Gasteiger partial charge in [-0.3, -0.25) is 0 Å². The normalized spacial score (nSPS) is 10.5. The maximum Gasteiger partial charge on any atom is 0.321 e. The van der Waals surface area contributed by atoms with E-state index in [9.17, 15) is 4.79 Å². The van der Waals surface area contributed by atoms with Gasteiger partial charge in [-0.1, -0.05) is 35.5 Å². The number of nitrogens with zero attached hydrogens (tertiary/aromatic N) is 3. The van der Waals surface area contributed by atoms with Crippen LogP contribution in [0.1, 0.15) is 22.8 Å². The molecule has 0 aliphatic carbocycles. The number of benzene rings is 2. The van der Waals surface area contributed by atoms with Crippen molar-refractivity contribution in [1.29, 1.82) is 0 Å². The lowest BCUT2D eigenvalue weighted by molar-refractivity contribution is 0.222. The Hall–Kier alpha value is -3.35. The Morgan fingerprint density at radius 1 is 1.18 bits per heavy atom. The molecule has 2 amide bonds. The number of carbonyl (C=O) groups is 1. The third kappa shape index (κ3) is 5.33. The van der Waals surface area contributed by atoms with Gasteiger partial charge in [0.05, 0.1) is 0 Å². The fourth-order valence-electron chi connectivity index (χ4n) is 2.56. The Morgan fingerprint density at radius 2 is 1.96 bits per heavy atom. The van der Waals surface area contributed by atoms with E-state index >= 15 is 0 Å². The molecule has 0 aliphatic rings. The second-order valence-electron chi connectivity index (χ2n) is 6.63. The number of amides is 2. The third-order valence-corrected chi connectivity index (χ3v) is 4.27. The molecule has 0 fully saturated rings. The van der Waals surface area contributed by atoms with E-state index in [2.05, 4.69) is 15.5 Å². The summed E-state index contributed by atoms with van der Waals surface area (Å²) in [6.45, 7) is 4.64. The predicted octanol–water partition coefficient (Wildman–Crippen LogP) is 3.97. The molecule has 0 saturated heterocycles. The molecule has 28 heavy (non-hydrogen) atoms. The summed E-state index contributed by atoms with van der Waals surface area (Å²) in [5.74, 6) is 1.68. The van der Waals surface area contributed by atoms with Crippen LogP contribution in [-0.4, -0.2) is 34.7 Å². The number of urea groups is 1. The quantitative estimate of drug-likeness (QED) is 0.671. The molecule has 0 unspecified atom stereocenters. The van der Waals surface area contributed by atoms with Crippen LogP contribution in [-0.2, 0) is 13.0 Å². The first-order valence-electron chi connectivity index (χ1n) is 9.10. The van der Waals surface area contributed by atoms with E-state index in [0.29, 0.717) is 24.7 Å². The maximum atomic E-state index is 12.4. The van der Waals surface area contributed by atoms with Gasteiger partial charge in [-0.05, 0) is 43.2 Å². The molecule has 0 aliphatic heterocycles. The van der Waals surface area contributed by atoms with Crippen LogP contribution in [0, 0.1) is 13.8 Å². The van der Waals surface area contributed by atoms with Gasteiger partial charge >= 0.3 is 6.03 Å². The molecule has 7 nitrogen and oxygen atoms in total. The minimum Gasteiger partial charge on any atom is -0.484 e. The Bertz CT molecular complexity index is 924. The molecule has 7 heteroatoms. The second kappa shape index (κ2) is 9.03. The van der Waals surface area contributed by atoms with Gasteiger partial charge < -0.3 is 19.5 Å². The maximum absolute atomic E-state index is 12.4. The van der Waals surface area contributed by atoms with E-state index in [1.165, 1.54) is 0 Å². The molecule has 1 heterocycles. The first-order valence-corrected chi connectivity index (χ1v) is 9.10. The Balaban J connectivity index is 1.47. The molecule has 0 saturated carbocycles. The van der Waals surface area contributed by atoms with E-state index in [1.807, 2.05) is 62.4 Å². The fraction of sp³-hybridized carbons (Fsp3) is 0.286. The smallest absolute Gasteiger partial charge is 0.321 e. The zero-order valence-electron chi connectivity index (χ0n) is 16.3. The molecule has 1 aromatic heterocycles. The van der Waals surface area contributed by atoms with Crippen LogP contribution in [0.5, 0.6) is 5.75 Å². The number of para-hydroxylation sites is 1. The summed E-state index contributed by atoms with van der Waals surface area (Å²) >= 11 is 0. The predicted molar refractivity (Wildman–Crippen MR) is 106 cm³/mol. The van der Waals surface area contributed by atoms with Crippen LogP contribution in [0.2, 0.25) is 0 Å². The van der Waals surface area contributed by atoms with Crippen LogP contribution in [0.15, 0.2) is 53.1 Å². The molecular weight excluding hydrogens is 356 g/mol. The van der Waals surface area contributed by atoms with Crippen molar-refractivity contribution < 1.29 is 14.1 Å². The van der Waals surface area contributed by atoms with Crippen molar-refractivity contribution in [3.05, 3.63) is 71.4 Å². The zero-order chi connectivity index (χ0) is 19.9. The van der Waals surface area contributed by atoms with Gasteiger partial charge in [-0.25, -0.2) is 4.79 Å². The van der Waals surface area contributed by atoms with Gasteiger partial charge in [0.2, 0.25) is 0 Å². The molecule has 1 N–H and O–H groups in total. The topological polar surface area (TPSA) is 80.5 Å². The Morgan fingerprint density at radius 3 is 2.75 bits per heavy atom. The van der Waals surface area contributed by atoms with E-state index in [1.54, 1.807) is 11.9 Å². The number of hydrogen-bond acceptors (Lipinski definition) is 5. The number of aromatic nitrogens is 2. The van der Waals surface area contributed by atoms with Crippen molar-refractivity contribution in [2.24, 2.45) is 0 Å². The first kappa shape index (κ1) is 19.4. The lowest BCUT2D eigenvalue weighted by Crippen LogP contribution is -2.33. The molecule has 0 atom stereocenters. The molecule has 146 valence electrons. The molecular formula is C21H24N4O3. The number of hydrogen-bond donors (Lipinski definition) is 1. The van der Waals surface area contributed by atoms with Gasteiger partial charge in [0.15, 0.2) is 12.4 Å². The monoisotopic (exact) mass is 380 g/mol. The minimum atomic E-state index is -0.176. The molecule has 0 bridgehead atoms. The molecule has 0 radical (unpaired) electrons. The average Bonchev–Trinajstić information content (AvgIpc) is 3.16. The van der Waals surface area contributed by atoms with Crippen LogP contribution >= 0.6 is 0 Å². The SMILES string of the molecule is Cc1ccc(C)c(NC(=O)N(C)CCc2noc(COc3ccccc3)n2)c1. The fourth-order valence-corrected chi connectivity index (χ4v) is 2.56. The van der Waals surface area contributed by atoms with Crippen LogP contribution in [0.4, 0.5) is 10.5 Å². The largest absolute Gasteiger partial charge is 0.484 e. The van der Waals surface area contributed by atoms with E-state index in [0.717, 1.165) is 22.6 Å². The highest BCUT2D eigenvalue weighted by molar-refractivity contribution is 5.90. The van der Waals surface area contributed by atoms with Gasteiger partial charge in [0.25, 0.3) is 5.89 Å². The number of nitrogens with one attached hydrogen (secondary N) is 1. The number of rotatable bonds is 7. The Kier molecular flexibility index (Phi) is 6.26. The van der Waals surface area contributed by atoms with Crippen molar-refractivity contribution in [3.8, 4) is 5.75 Å². The molecule has 0 spiro atoms. The highest BCUT2D eigenvalue weighted by Gasteiger charge is 2.13. The van der Waals surface area contributed by atoms with Crippen molar-refractivity contribution in [1.82, 2.24) is 15.0 Å². The van der Waals surface area contributed by atoms with Crippen LogP contribution < -0.4 is 10.1 Å². The Labute approximate surface area is 164 Å². The second-order valence-corrected chi connectivity index (χ2v) is 6.63. The molecule has 2 aromatic carbocycles. The van der Waals surface area contributed by atoms with Crippen molar-refractivity contribution in [3.63, 3.8) is 0 Å². The number of anilines is 1. The number of aryl methyl sites for hydroxylation is 2.